The van der Waals surface area contributed by atoms with E-state index in [1.165, 1.54) is 0 Å². The van der Waals surface area contributed by atoms with Crippen molar-refractivity contribution in [3.8, 4) is 5.75 Å². The van der Waals surface area contributed by atoms with Crippen LogP contribution in [-0.4, -0.2) is 7.11 Å². The molecule has 6 heteroatoms. The maximum atomic E-state index is 6.08. The number of ether oxygens (including phenoxy) is 1. The van der Waals surface area contributed by atoms with Gasteiger partial charge >= 0.3 is 0 Å². The molecule has 2 nitrogen and oxygen atoms in total. The molecule has 0 radical (unpaired) electrons. The van der Waals surface area contributed by atoms with Gasteiger partial charge in [-0.15, -0.1) is 0 Å². The quantitative estimate of drug-likeness (QED) is 0.617. The van der Waals surface area contributed by atoms with Crippen molar-refractivity contribution >= 4 is 60.7 Å². The van der Waals surface area contributed by atoms with Crippen LogP contribution in [0.25, 0.3) is 0 Å². The summed E-state index contributed by atoms with van der Waals surface area (Å²) in [5, 5.41) is 4.61. The van der Waals surface area contributed by atoms with Gasteiger partial charge in [0.2, 0.25) is 0 Å². The van der Waals surface area contributed by atoms with Gasteiger partial charge in [0.1, 0.15) is 0 Å². The predicted octanol–water partition coefficient (Wildman–Crippen LogP) is 6.14. The Balaban J connectivity index is 2.20. The molecule has 2 aromatic carbocycles. The normalized spacial score (nSPS) is 10.4. The number of benzene rings is 2. The number of methoxy groups -OCH3 is 1. The number of hydrogen-bond donors (Lipinski definition) is 1. The Morgan fingerprint density at radius 1 is 1.10 bits per heavy atom. The van der Waals surface area contributed by atoms with E-state index < -0.39 is 0 Å². The number of nitrogens with one attached hydrogen (secondary N) is 1. The van der Waals surface area contributed by atoms with E-state index in [4.69, 9.17) is 27.9 Å². The molecule has 0 aliphatic heterocycles. The summed E-state index contributed by atoms with van der Waals surface area (Å²) in [7, 11) is 1.62. The van der Waals surface area contributed by atoms with Crippen LogP contribution in [-0.2, 0) is 6.54 Å². The van der Waals surface area contributed by atoms with Crippen molar-refractivity contribution in [1.82, 2.24) is 0 Å². The molecule has 0 spiro atoms. The molecule has 20 heavy (non-hydrogen) atoms. The van der Waals surface area contributed by atoms with Crippen LogP contribution in [0.4, 0.5) is 5.69 Å². The highest BCUT2D eigenvalue weighted by molar-refractivity contribution is 9.10. The molecule has 2 rings (SSSR count). The summed E-state index contributed by atoms with van der Waals surface area (Å²) in [4.78, 5) is 0. The summed E-state index contributed by atoms with van der Waals surface area (Å²) in [5.41, 5.74) is 1.89. The molecular formula is C14H11Br2Cl2NO. The highest BCUT2D eigenvalue weighted by atomic mass is 79.9. The second kappa shape index (κ2) is 7.03. The second-order valence-electron chi connectivity index (χ2n) is 4.07. The minimum atomic E-state index is 0.621. The highest BCUT2D eigenvalue weighted by Crippen LogP contribution is 2.36. The fourth-order valence-corrected chi connectivity index (χ4v) is 3.17. The Labute approximate surface area is 144 Å². The molecule has 106 valence electrons. The molecule has 0 aliphatic carbocycles. The Hall–Kier alpha value is -0.420. The molecule has 0 aliphatic rings. The van der Waals surface area contributed by atoms with E-state index in [2.05, 4.69) is 37.2 Å². The number of hydrogen-bond acceptors (Lipinski definition) is 2. The molecule has 2 aromatic rings. The largest absolute Gasteiger partial charge is 0.493 e. The summed E-state index contributed by atoms with van der Waals surface area (Å²) in [6, 6.07) is 9.44. The average Bonchev–Trinajstić information content (AvgIpc) is 2.39. The van der Waals surface area contributed by atoms with Gasteiger partial charge in [0.25, 0.3) is 0 Å². The lowest BCUT2D eigenvalue weighted by Gasteiger charge is -2.13. The standard InChI is InChI=1S/C14H11Br2Cl2NO/c1-20-14-11(16)5-9(17)6-13(14)19-7-8-2-3-10(15)12(18)4-8/h2-6,19H,7H2,1H3. The van der Waals surface area contributed by atoms with Gasteiger partial charge in [-0.3, -0.25) is 0 Å². The van der Waals surface area contributed by atoms with Gasteiger partial charge in [-0.2, -0.15) is 0 Å². The van der Waals surface area contributed by atoms with Crippen molar-refractivity contribution in [1.29, 1.82) is 0 Å². The first-order valence-corrected chi connectivity index (χ1v) is 8.06. The average molecular weight is 440 g/mol. The topological polar surface area (TPSA) is 21.3 Å². The third-order valence-electron chi connectivity index (χ3n) is 2.68. The molecule has 0 heterocycles. The SMILES string of the molecule is COc1c(Br)cc(Cl)cc1NCc1ccc(Br)c(Cl)c1. The van der Waals surface area contributed by atoms with Gasteiger partial charge in [-0.05, 0) is 61.7 Å². The first-order chi connectivity index (χ1) is 9.51. The van der Waals surface area contributed by atoms with Crippen LogP contribution in [0.15, 0.2) is 39.3 Å². The van der Waals surface area contributed by atoms with Crippen LogP contribution in [0.1, 0.15) is 5.56 Å². The van der Waals surface area contributed by atoms with Gasteiger partial charge in [0.05, 0.1) is 22.3 Å². The van der Waals surface area contributed by atoms with E-state index in [1.807, 2.05) is 24.3 Å². The van der Waals surface area contributed by atoms with E-state index in [0.717, 1.165) is 25.9 Å². The fraction of sp³-hybridized carbons (Fsp3) is 0.143. The van der Waals surface area contributed by atoms with E-state index >= 15 is 0 Å². The van der Waals surface area contributed by atoms with Crippen molar-refractivity contribution in [2.24, 2.45) is 0 Å². The van der Waals surface area contributed by atoms with Crippen LogP contribution in [0.3, 0.4) is 0 Å². The summed E-state index contributed by atoms with van der Waals surface area (Å²) < 4.78 is 7.05. The molecular weight excluding hydrogens is 429 g/mol. The third kappa shape index (κ3) is 3.82. The van der Waals surface area contributed by atoms with Crippen molar-refractivity contribution in [3.63, 3.8) is 0 Å². The van der Waals surface area contributed by atoms with Crippen LogP contribution in [0.5, 0.6) is 5.75 Å². The Morgan fingerprint density at radius 2 is 1.85 bits per heavy atom. The van der Waals surface area contributed by atoms with E-state index in [0.29, 0.717) is 16.6 Å². The smallest absolute Gasteiger partial charge is 0.156 e. The molecule has 0 saturated heterocycles. The molecule has 0 unspecified atom stereocenters. The van der Waals surface area contributed by atoms with Crippen LogP contribution in [0.2, 0.25) is 10.0 Å². The van der Waals surface area contributed by atoms with Crippen molar-refractivity contribution in [2.75, 3.05) is 12.4 Å². The maximum Gasteiger partial charge on any atom is 0.156 e. The van der Waals surface area contributed by atoms with Crippen molar-refractivity contribution < 1.29 is 4.74 Å². The fourth-order valence-electron chi connectivity index (χ4n) is 1.75. The van der Waals surface area contributed by atoms with Crippen LogP contribution < -0.4 is 10.1 Å². The first-order valence-electron chi connectivity index (χ1n) is 5.72. The van der Waals surface area contributed by atoms with Gasteiger partial charge in [-0.1, -0.05) is 29.3 Å². The highest BCUT2D eigenvalue weighted by Gasteiger charge is 2.09. The zero-order valence-corrected chi connectivity index (χ0v) is 15.2. The van der Waals surface area contributed by atoms with Crippen molar-refractivity contribution in [2.45, 2.75) is 6.54 Å². The van der Waals surface area contributed by atoms with Crippen LogP contribution in [0, 0.1) is 0 Å². The lowest BCUT2D eigenvalue weighted by molar-refractivity contribution is 0.414. The maximum absolute atomic E-state index is 6.08. The summed E-state index contributed by atoms with van der Waals surface area (Å²) in [6.07, 6.45) is 0. The van der Waals surface area contributed by atoms with Gasteiger partial charge in [0.15, 0.2) is 5.75 Å². The molecule has 1 N–H and O–H groups in total. The predicted molar refractivity (Wildman–Crippen MR) is 92.2 cm³/mol. The third-order valence-corrected chi connectivity index (χ3v) is 4.72. The summed E-state index contributed by atoms with van der Waals surface area (Å²) in [5.74, 6) is 0.720. The van der Waals surface area contributed by atoms with Gasteiger partial charge in [-0.25, -0.2) is 0 Å². The van der Waals surface area contributed by atoms with E-state index in [1.54, 1.807) is 13.2 Å². The Kier molecular flexibility index (Phi) is 5.61. The Bertz CT molecular complexity index is 635. The molecule has 0 amide bonds. The minimum absolute atomic E-state index is 0.621. The number of rotatable bonds is 4. The second-order valence-corrected chi connectivity index (χ2v) is 6.62. The number of anilines is 1. The summed E-state index contributed by atoms with van der Waals surface area (Å²) >= 11 is 18.9. The first kappa shape index (κ1) is 16.0. The lowest BCUT2D eigenvalue weighted by Crippen LogP contribution is -2.02. The zero-order chi connectivity index (χ0) is 14.7. The molecule has 0 atom stereocenters. The van der Waals surface area contributed by atoms with Crippen molar-refractivity contribution in [3.05, 3.63) is 54.9 Å². The van der Waals surface area contributed by atoms with E-state index in [9.17, 15) is 0 Å². The van der Waals surface area contributed by atoms with Gasteiger partial charge < -0.3 is 10.1 Å². The number of halogens is 4. The zero-order valence-electron chi connectivity index (χ0n) is 10.5. The minimum Gasteiger partial charge on any atom is -0.493 e. The Morgan fingerprint density at radius 3 is 2.50 bits per heavy atom. The van der Waals surface area contributed by atoms with E-state index in [-0.39, 0.29) is 0 Å². The van der Waals surface area contributed by atoms with Gasteiger partial charge in [0, 0.05) is 16.0 Å². The lowest BCUT2D eigenvalue weighted by atomic mass is 10.2. The molecule has 0 fully saturated rings. The molecule has 0 saturated carbocycles. The molecule has 0 bridgehead atoms. The molecule has 0 aromatic heterocycles. The monoisotopic (exact) mass is 437 g/mol. The van der Waals surface area contributed by atoms with Crippen LogP contribution >= 0.6 is 55.1 Å². The summed E-state index contributed by atoms with van der Waals surface area (Å²) in [6.45, 7) is 0.621.